The fourth-order valence-electron chi connectivity index (χ4n) is 21.6. The van der Waals surface area contributed by atoms with Crippen LogP contribution in [0.5, 0.6) is 0 Å². The maximum Gasteiger partial charge on any atom is 0.307 e. The predicted octanol–water partition coefficient (Wildman–Crippen LogP) is 17.2. The number of amides is 4. The third-order valence-electron chi connectivity index (χ3n) is 28.3. The first kappa shape index (κ1) is 91.9. The van der Waals surface area contributed by atoms with Crippen molar-refractivity contribution in [3.8, 4) is 0 Å². The van der Waals surface area contributed by atoms with Crippen molar-refractivity contribution in [2.45, 2.75) is 198 Å². The van der Waals surface area contributed by atoms with Crippen LogP contribution in [0.2, 0.25) is 0 Å². The number of benzene rings is 7. The lowest BCUT2D eigenvalue weighted by Gasteiger charge is -2.36. The molecule has 12 heterocycles. The number of anilines is 12. The van der Waals surface area contributed by atoms with E-state index in [1.165, 1.54) is 23.0 Å². The number of nitrogens with zero attached hydrogens (tertiary/aromatic N) is 21. The molecular weight excluding hydrogens is 1760 g/mol. The number of rotatable bonds is 24. The Hall–Kier alpha value is -14.8. The highest BCUT2D eigenvalue weighted by Gasteiger charge is 2.55. The van der Waals surface area contributed by atoms with E-state index in [9.17, 15) is 41.9 Å². The lowest BCUT2D eigenvalue weighted by atomic mass is 10.0. The molecule has 9 atom stereocenters. The van der Waals surface area contributed by atoms with Crippen molar-refractivity contribution in [3.05, 3.63) is 256 Å². The number of halogens is 3. The number of para-hydroxylation sites is 4. The maximum absolute atomic E-state index is 14.8. The molecule has 0 radical (unpaired) electrons. The number of allylic oxidation sites excluding steroid dienone is 1. The fourth-order valence-corrected chi connectivity index (χ4v) is 21.6. The first-order chi connectivity index (χ1) is 67.1. The molecule has 0 spiro atoms. The van der Waals surface area contributed by atoms with E-state index in [1.54, 1.807) is 40.4 Å². The van der Waals surface area contributed by atoms with Gasteiger partial charge in [0.25, 0.3) is 23.6 Å². The van der Waals surface area contributed by atoms with Crippen LogP contribution in [-0.2, 0) is 39.0 Å². The Labute approximate surface area is 804 Å². The van der Waals surface area contributed by atoms with Gasteiger partial charge in [0.2, 0.25) is 29.6 Å². The van der Waals surface area contributed by atoms with Crippen molar-refractivity contribution >= 4 is 134 Å². The van der Waals surface area contributed by atoms with E-state index in [0.717, 1.165) is 189 Å². The van der Waals surface area contributed by atoms with Gasteiger partial charge in [-0.1, -0.05) is 146 Å². The molecule has 4 fully saturated rings. The molecule has 4 saturated carbocycles. The minimum atomic E-state index is -3.68. The molecule has 4 amide bonds. The molecule has 139 heavy (non-hydrogen) atoms. The molecule has 11 aromatic rings. The molecule has 1 unspecified atom stereocenters. The Morgan fingerprint density at radius 3 is 1.21 bits per heavy atom. The number of carbonyl (C=O) groups excluding carboxylic acids is 6. The van der Waals surface area contributed by atoms with E-state index in [2.05, 4.69) is 92.7 Å². The number of hydrogen-bond donors (Lipinski definition) is 4. The minimum Gasteiger partial charge on any atom is -0.340 e. The number of ketones is 2. The summed E-state index contributed by atoms with van der Waals surface area (Å²) in [6.45, 7) is 13.3. The maximum atomic E-state index is 14.8. The lowest BCUT2D eigenvalue weighted by molar-refractivity contribution is 0.0217. The topological polar surface area (TPSA) is 300 Å². The van der Waals surface area contributed by atoms with Gasteiger partial charge in [-0.3, -0.25) is 68.0 Å². The number of carbonyl (C=O) groups is 6. The van der Waals surface area contributed by atoms with Crippen LogP contribution in [0.4, 0.5) is 82.5 Å². The van der Waals surface area contributed by atoms with E-state index in [-0.39, 0.29) is 78.2 Å². The molecule has 34 heteroatoms. The average Bonchev–Trinajstić information content (AvgIpc) is 1.57. The summed E-state index contributed by atoms with van der Waals surface area (Å²) >= 11 is 0. The largest absolute Gasteiger partial charge is 0.340 e. The van der Waals surface area contributed by atoms with Gasteiger partial charge in [-0.25, -0.2) is 43.1 Å². The van der Waals surface area contributed by atoms with Crippen LogP contribution in [0.15, 0.2) is 215 Å². The first-order valence-electron chi connectivity index (χ1n) is 48.1. The van der Waals surface area contributed by atoms with Crippen molar-refractivity contribution < 1.29 is 41.9 Å². The number of hydrogen-bond acceptors (Lipinski definition) is 23. The number of alkyl halides is 2. The van der Waals surface area contributed by atoms with Gasteiger partial charge < -0.3 is 26.2 Å². The van der Waals surface area contributed by atoms with Crippen LogP contribution in [0.3, 0.4) is 0 Å². The third kappa shape index (κ3) is 17.4. The zero-order valence-corrected chi connectivity index (χ0v) is 79.7. The summed E-state index contributed by atoms with van der Waals surface area (Å²) in [6.07, 6.45) is 14.3. The van der Waals surface area contributed by atoms with Crippen molar-refractivity contribution in [2.75, 3.05) is 89.7 Å². The molecule has 4 aliphatic carbocycles. The monoisotopic (exact) mass is 1880 g/mol. The zero-order valence-electron chi connectivity index (χ0n) is 79.7. The number of aryl methyl sites for hydroxylation is 4. The number of aliphatic imine (C=N–C) groups is 4. The summed E-state index contributed by atoms with van der Waals surface area (Å²) in [5.74, 6) is 1.79. The molecule has 0 saturated heterocycles. The molecule has 8 aliphatic heterocycles. The van der Waals surface area contributed by atoms with Crippen molar-refractivity contribution in [3.63, 3.8) is 0 Å². The summed E-state index contributed by atoms with van der Waals surface area (Å²) in [6, 6.07) is 60.5. The highest BCUT2D eigenvalue weighted by atomic mass is 19.3. The van der Waals surface area contributed by atoms with E-state index in [0.29, 0.717) is 94.6 Å². The molecule has 0 bridgehead atoms. The quantitative estimate of drug-likeness (QED) is 0.0409. The Kier molecular flexibility index (Phi) is 24.8. The third-order valence-corrected chi connectivity index (χ3v) is 28.3. The van der Waals surface area contributed by atoms with E-state index < -0.39 is 23.1 Å². The normalized spacial score (nSPS) is 20.9. The molecule has 716 valence electrons. The van der Waals surface area contributed by atoms with Gasteiger partial charge in [0.1, 0.15) is 51.3 Å². The molecule has 23 rings (SSSR count). The SMILES string of the molecule is C=C(C)c1ccc(CCn2nc3c(c2Nc2ccccc2)C(=O)N(C)C2=N[C@@H]4CCC[C@@H]4N23)cc1.CC(=O)c1ccc(CCn2nc(Nc3ccccc3)c3c2N2C(=N[C@@H]4CCC[C@@H]42)N(C)C3=O)cc1.CC(CN(C)C)Cn1nc(Nc2ccccc2)c2c1N1C(=N[C@@H]3CCC[C@@H]31)N(C)C2=O.CN1C(=O)c2c(Nc3ccccc3)nn(Cc3ccc(C(=O)C(C)(F)F)c(F)c3)c2N2C1=N[C@@H]1CCC[C@@H]12. The first-order valence-corrected chi connectivity index (χ1v) is 48.1. The van der Waals surface area contributed by atoms with Crippen molar-refractivity contribution in [2.24, 2.45) is 25.9 Å². The van der Waals surface area contributed by atoms with E-state index in [4.69, 9.17) is 40.4 Å². The molecular formula is C105H114F3N25O6. The second-order valence-electron chi connectivity index (χ2n) is 38.5. The molecule has 4 aromatic heterocycles. The Balaban J connectivity index is 0.000000114. The highest BCUT2D eigenvalue weighted by Crippen LogP contribution is 2.50. The van der Waals surface area contributed by atoms with Crippen LogP contribution in [-0.4, -0.2) is 226 Å². The van der Waals surface area contributed by atoms with E-state index in [1.807, 2.05) is 186 Å². The Bertz CT molecular complexity index is 6730. The van der Waals surface area contributed by atoms with Gasteiger partial charge in [-0.15, -0.1) is 0 Å². The van der Waals surface area contributed by atoms with Gasteiger partial charge in [0, 0.05) is 89.6 Å². The fraction of sp³-hybridized carbons (Fsp3) is 0.371. The van der Waals surface area contributed by atoms with Gasteiger partial charge in [-0.05, 0) is 207 Å². The summed E-state index contributed by atoms with van der Waals surface area (Å²) in [7, 11) is 11.3. The smallest absolute Gasteiger partial charge is 0.307 e. The van der Waals surface area contributed by atoms with Crippen molar-refractivity contribution in [1.29, 1.82) is 0 Å². The Morgan fingerprint density at radius 1 is 0.446 bits per heavy atom. The van der Waals surface area contributed by atoms with Crippen LogP contribution >= 0.6 is 0 Å². The van der Waals surface area contributed by atoms with Crippen LogP contribution < -0.4 is 40.9 Å². The molecule has 12 aliphatic rings. The van der Waals surface area contributed by atoms with Gasteiger partial charge >= 0.3 is 5.92 Å². The standard InChI is InChI=1S/C28H30N6O.C27H25F3N6O2.C27H28N6O2.C23H31N7O/c1-18(2)20-14-12-19(13-15-20)16-17-33-25(29-21-8-5-4-6-9-21)24-26(31-33)34-23-11-7-10-22(23)30-28(34)32(3)27(24)35;1-27(29,30)22(37)17-12-11-15(13-18(17)28)14-35-24-21(23(33-35)31-16-7-4-3-5-8-16)25(38)34(2)26-32-19-9-6-10-20(19)36(24)26;1-17(34)19-13-11-18(12-14-19)15-16-32-25-23(24(30-32)28-20-7-4-3-5-8-20)26(35)31(2)27-29-21-9-6-10-22(21)33(25)27;1-15(13-27(2)3)14-29-21-19(20(26-29)24-16-9-6-5-7-10-16)22(31)28(4)23-25-17-11-8-12-18(17)30(21)23/h4-6,8-9,12-15,22-23,29H,1,7,10-11,16-17H2,2-3H3;3-5,7-8,11-13,19-20H,6,9-10,14H2,1-2H3,(H,31,33);3-5,7-8,11-14,21-22H,6,9-10,15-16H2,1-2H3,(H,28,30);5-7,9-10,15,17-18H,8,11-14H2,1-4H3,(H,24,26)/t22-,23+;19-,20+;21-,22+;15?,17-,18+/m1111/s1. The van der Waals surface area contributed by atoms with E-state index >= 15 is 0 Å². The van der Waals surface area contributed by atoms with Crippen LogP contribution in [0.1, 0.15) is 189 Å². The predicted molar refractivity (Wildman–Crippen MR) is 535 cm³/mol. The van der Waals surface area contributed by atoms with Gasteiger partial charge in [0.05, 0.1) is 60.4 Å². The summed E-state index contributed by atoms with van der Waals surface area (Å²) in [4.78, 5) is 115. The van der Waals surface area contributed by atoms with Crippen LogP contribution in [0.25, 0.3) is 5.57 Å². The van der Waals surface area contributed by atoms with Crippen molar-refractivity contribution in [1.82, 2.24) is 63.6 Å². The molecule has 31 nitrogen and oxygen atoms in total. The number of Topliss-reactive ketones (excluding diaryl/α,β-unsaturated/α-hetero) is 2. The highest BCUT2D eigenvalue weighted by molar-refractivity contribution is 6.24. The van der Waals surface area contributed by atoms with Crippen LogP contribution in [0, 0.1) is 11.7 Å². The van der Waals surface area contributed by atoms with Gasteiger partial charge in [-0.2, -0.15) is 29.2 Å². The zero-order chi connectivity index (χ0) is 96.7. The number of aromatic nitrogens is 8. The minimum absolute atomic E-state index is 0.0464. The average molecular weight is 1880 g/mol. The second kappa shape index (κ2) is 37.6. The summed E-state index contributed by atoms with van der Waals surface area (Å²) < 4.78 is 49.4. The summed E-state index contributed by atoms with van der Waals surface area (Å²) in [5.41, 5.74) is 10.7. The number of nitrogens with one attached hydrogen (secondary N) is 4. The van der Waals surface area contributed by atoms with Gasteiger partial charge in [0.15, 0.2) is 29.1 Å². The number of guanidine groups is 4. The summed E-state index contributed by atoms with van der Waals surface area (Å²) in [5, 5.41) is 33.1. The Morgan fingerprint density at radius 2 is 0.806 bits per heavy atom. The lowest BCUT2D eigenvalue weighted by Crippen LogP contribution is -2.52. The number of fused-ring (bicyclic) bond motifs is 20. The second-order valence-corrected chi connectivity index (χ2v) is 38.5. The molecule has 4 N–H and O–H groups in total. The molecule has 7 aromatic carbocycles.